The van der Waals surface area contributed by atoms with E-state index in [2.05, 4.69) is 34.9 Å². The van der Waals surface area contributed by atoms with Crippen LogP contribution in [0.5, 0.6) is 0 Å². The summed E-state index contributed by atoms with van der Waals surface area (Å²) in [6, 6.07) is 15.3. The van der Waals surface area contributed by atoms with Crippen LogP contribution in [0.4, 0.5) is 4.79 Å². The molecule has 1 aliphatic rings. The molecular formula is C26H33N3O5. The molecule has 0 heterocycles. The minimum Gasteiger partial charge on any atom is -0.480 e. The zero-order valence-corrected chi connectivity index (χ0v) is 19.9. The lowest BCUT2D eigenvalue weighted by Gasteiger charge is -2.21. The monoisotopic (exact) mass is 467 g/mol. The third-order valence-corrected chi connectivity index (χ3v) is 6.11. The number of hydrogen-bond acceptors (Lipinski definition) is 5. The van der Waals surface area contributed by atoms with Crippen LogP contribution in [0.25, 0.3) is 11.1 Å². The molecule has 0 aliphatic heterocycles. The van der Waals surface area contributed by atoms with Crippen molar-refractivity contribution in [1.82, 2.24) is 15.5 Å². The van der Waals surface area contributed by atoms with E-state index >= 15 is 0 Å². The molecular weight excluding hydrogens is 434 g/mol. The van der Waals surface area contributed by atoms with Crippen LogP contribution < -0.4 is 10.6 Å². The van der Waals surface area contributed by atoms with E-state index in [4.69, 9.17) is 4.74 Å². The molecule has 0 saturated carbocycles. The van der Waals surface area contributed by atoms with Gasteiger partial charge >= 0.3 is 12.1 Å². The number of carboxylic acid groups (broad SMARTS) is 1. The van der Waals surface area contributed by atoms with Gasteiger partial charge in [0.2, 0.25) is 5.91 Å². The maximum atomic E-state index is 12.4. The Balaban J connectivity index is 1.50. The van der Waals surface area contributed by atoms with Gasteiger partial charge in [-0.25, -0.2) is 9.59 Å². The number of aliphatic carboxylic acids is 1. The Labute approximate surface area is 200 Å². The first-order chi connectivity index (χ1) is 16.3. The van der Waals surface area contributed by atoms with Gasteiger partial charge in [0.1, 0.15) is 12.6 Å². The second kappa shape index (κ2) is 11.7. The van der Waals surface area contributed by atoms with Crippen LogP contribution in [0, 0.1) is 5.92 Å². The molecule has 0 saturated heterocycles. The molecule has 2 amide bonds. The van der Waals surface area contributed by atoms with Gasteiger partial charge in [-0.05, 0) is 42.3 Å². The topological polar surface area (TPSA) is 108 Å². The molecule has 3 rings (SSSR count). The summed E-state index contributed by atoms with van der Waals surface area (Å²) in [7, 11) is 3.49. The Morgan fingerprint density at radius 2 is 1.62 bits per heavy atom. The fourth-order valence-corrected chi connectivity index (χ4v) is 4.30. The van der Waals surface area contributed by atoms with Gasteiger partial charge in [0.25, 0.3) is 0 Å². The summed E-state index contributed by atoms with van der Waals surface area (Å²) < 4.78 is 5.55. The molecule has 0 bridgehead atoms. The normalized spacial score (nSPS) is 14.1. The smallest absolute Gasteiger partial charge is 0.407 e. The zero-order valence-electron chi connectivity index (χ0n) is 19.9. The molecule has 2 unspecified atom stereocenters. The number of rotatable bonds is 11. The number of carboxylic acids is 1. The average Bonchev–Trinajstić information content (AvgIpc) is 3.13. The number of carbonyl (C=O) groups excluding carboxylic acids is 2. The average molecular weight is 468 g/mol. The van der Waals surface area contributed by atoms with E-state index in [1.54, 1.807) is 19.0 Å². The van der Waals surface area contributed by atoms with E-state index in [1.807, 2.05) is 31.2 Å². The zero-order chi connectivity index (χ0) is 24.7. The van der Waals surface area contributed by atoms with Gasteiger partial charge in [0.05, 0.1) is 0 Å². The first-order valence-corrected chi connectivity index (χ1v) is 11.6. The number of amides is 2. The number of carbonyl (C=O) groups is 3. The summed E-state index contributed by atoms with van der Waals surface area (Å²) in [5.41, 5.74) is 4.62. The van der Waals surface area contributed by atoms with Crippen molar-refractivity contribution in [2.45, 2.75) is 31.7 Å². The lowest BCUT2D eigenvalue weighted by molar-refractivity contribution is -0.142. The van der Waals surface area contributed by atoms with Gasteiger partial charge < -0.3 is 25.4 Å². The Morgan fingerprint density at radius 3 is 2.15 bits per heavy atom. The molecule has 34 heavy (non-hydrogen) atoms. The number of likely N-dealkylation sites (N-methyl/N-ethyl adjacent to an activating group) is 1. The first-order valence-electron chi connectivity index (χ1n) is 11.6. The van der Waals surface area contributed by atoms with Crippen LogP contribution >= 0.6 is 0 Å². The van der Waals surface area contributed by atoms with Crippen LogP contribution in [-0.4, -0.2) is 67.8 Å². The van der Waals surface area contributed by atoms with E-state index in [0.29, 0.717) is 6.42 Å². The van der Waals surface area contributed by atoms with Crippen molar-refractivity contribution in [2.75, 3.05) is 33.8 Å². The number of ether oxygens (including phenoxy) is 1. The Hall–Kier alpha value is -3.39. The molecule has 3 N–H and O–H groups in total. The summed E-state index contributed by atoms with van der Waals surface area (Å²) in [4.78, 5) is 37.8. The highest BCUT2D eigenvalue weighted by Gasteiger charge is 2.29. The molecule has 182 valence electrons. The van der Waals surface area contributed by atoms with Crippen molar-refractivity contribution in [2.24, 2.45) is 5.92 Å². The highest BCUT2D eigenvalue weighted by Crippen LogP contribution is 2.44. The summed E-state index contributed by atoms with van der Waals surface area (Å²) in [5.74, 6) is -1.58. The standard InChI is InChI=1S/C26H33N3O5/c1-4-17(13-24(30)28-23(25(31)32)15-29(2)3)14-27-26(33)34-16-22-20-11-7-5-9-18(20)19-10-6-8-12-21(19)22/h5-12,17,22-23H,4,13-16H2,1-3H3,(H,27,33)(H,28,30)(H,31,32). The number of hydrogen-bond donors (Lipinski definition) is 3. The SMILES string of the molecule is CCC(CNC(=O)OCC1c2ccccc2-c2ccccc21)CC(=O)NC(CN(C)C)C(=O)O. The molecule has 8 heteroatoms. The van der Waals surface area contributed by atoms with Crippen LogP contribution in [0.1, 0.15) is 36.8 Å². The highest BCUT2D eigenvalue weighted by molar-refractivity contribution is 5.84. The van der Waals surface area contributed by atoms with E-state index < -0.39 is 18.1 Å². The lowest BCUT2D eigenvalue weighted by Crippen LogP contribution is -2.47. The third-order valence-electron chi connectivity index (χ3n) is 6.11. The number of fused-ring (bicyclic) bond motifs is 3. The maximum absolute atomic E-state index is 12.4. The Bertz CT molecular complexity index is 978. The minimum atomic E-state index is -1.08. The quantitative estimate of drug-likeness (QED) is 0.469. The Morgan fingerprint density at radius 1 is 1.03 bits per heavy atom. The van der Waals surface area contributed by atoms with Gasteiger partial charge in [-0.1, -0.05) is 61.9 Å². The van der Waals surface area contributed by atoms with Crippen LogP contribution in [0.2, 0.25) is 0 Å². The number of nitrogens with one attached hydrogen (secondary N) is 2. The molecule has 0 fully saturated rings. The van der Waals surface area contributed by atoms with E-state index in [0.717, 1.165) is 22.3 Å². The van der Waals surface area contributed by atoms with Gasteiger partial charge in [-0.3, -0.25) is 4.79 Å². The van der Waals surface area contributed by atoms with Crippen molar-refractivity contribution < 1.29 is 24.2 Å². The fraction of sp³-hybridized carbons (Fsp3) is 0.423. The molecule has 2 aromatic rings. The number of nitrogens with zero attached hydrogens (tertiary/aromatic N) is 1. The van der Waals surface area contributed by atoms with Crippen molar-refractivity contribution in [3.05, 3.63) is 59.7 Å². The maximum Gasteiger partial charge on any atom is 0.407 e. The van der Waals surface area contributed by atoms with Crippen LogP contribution in [0.15, 0.2) is 48.5 Å². The highest BCUT2D eigenvalue weighted by atomic mass is 16.5. The number of alkyl carbamates (subject to hydrolysis) is 1. The van der Waals surface area contributed by atoms with E-state index in [1.165, 1.54) is 0 Å². The van der Waals surface area contributed by atoms with E-state index in [-0.39, 0.29) is 43.9 Å². The van der Waals surface area contributed by atoms with Crippen molar-refractivity contribution >= 4 is 18.0 Å². The molecule has 0 spiro atoms. The summed E-state index contributed by atoms with van der Waals surface area (Å²) in [6.45, 7) is 2.62. The van der Waals surface area contributed by atoms with Gasteiger partial charge in [0.15, 0.2) is 0 Å². The van der Waals surface area contributed by atoms with Gasteiger partial charge in [-0.2, -0.15) is 0 Å². The second-order valence-electron chi connectivity index (χ2n) is 8.91. The largest absolute Gasteiger partial charge is 0.480 e. The second-order valence-corrected chi connectivity index (χ2v) is 8.91. The lowest BCUT2D eigenvalue weighted by atomic mass is 9.98. The van der Waals surface area contributed by atoms with Crippen molar-refractivity contribution in [1.29, 1.82) is 0 Å². The molecule has 0 aromatic heterocycles. The summed E-state index contributed by atoms with van der Waals surface area (Å²) in [6.07, 6.45) is 0.247. The molecule has 8 nitrogen and oxygen atoms in total. The van der Waals surface area contributed by atoms with E-state index in [9.17, 15) is 19.5 Å². The summed E-state index contributed by atoms with van der Waals surface area (Å²) >= 11 is 0. The predicted octanol–water partition coefficient (Wildman–Crippen LogP) is 3.07. The Kier molecular flexibility index (Phi) is 8.65. The molecule has 1 aliphatic carbocycles. The predicted molar refractivity (Wildman–Crippen MR) is 130 cm³/mol. The fourth-order valence-electron chi connectivity index (χ4n) is 4.30. The third kappa shape index (κ3) is 6.35. The van der Waals surface area contributed by atoms with Crippen molar-refractivity contribution in [3.8, 4) is 11.1 Å². The summed E-state index contributed by atoms with van der Waals surface area (Å²) in [5, 5.41) is 14.6. The van der Waals surface area contributed by atoms with Crippen LogP contribution in [-0.2, 0) is 14.3 Å². The number of benzene rings is 2. The van der Waals surface area contributed by atoms with Crippen LogP contribution in [0.3, 0.4) is 0 Å². The van der Waals surface area contributed by atoms with Crippen molar-refractivity contribution in [3.63, 3.8) is 0 Å². The molecule has 2 atom stereocenters. The molecule has 0 radical (unpaired) electrons. The minimum absolute atomic E-state index is 0.0180. The first kappa shape index (κ1) is 25.2. The van der Waals surface area contributed by atoms with Gasteiger partial charge in [0, 0.05) is 25.4 Å². The van der Waals surface area contributed by atoms with Gasteiger partial charge in [-0.15, -0.1) is 0 Å². The molecule has 2 aromatic carbocycles.